The van der Waals surface area contributed by atoms with Crippen molar-refractivity contribution in [1.82, 2.24) is 9.97 Å². The Kier molecular flexibility index (Phi) is 4.69. The Labute approximate surface area is 95.9 Å². The quantitative estimate of drug-likeness (QED) is 0.786. The number of nitrogens with one attached hydrogen (secondary N) is 1. The third kappa shape index (κ3) is 3.49. The first kappa shape index (κ1) is 12.4. The summed E-state index contributed by atoms with van der Waals surface area (Å²) in [5, 5.41) is 2.96. The number of ketones is 1. The third-order valence-corrected chi connectivity index (χ3v) is 2.26. The molecule has 0 aromatic carbocycles. The maximum Gasteiger partial charge on any atom is 0.148 e. The highest BCUT2D eigenvalue weighted by Gasteiger charge is 2.04. The number of hydrogen-bond acceptors (Lipinski definition) is 5. The van der Waals surface area contributed by atoms with E-state index >= 15 is 0 Å². The van der Waals surface area contributed by atoms with Gasteiger partial charge in [0, 0.05) is 19.2 Å². The molecule has 0 aliphatic rings. The number of carbonyl (C=O) groups is 1. The monoisotopic (exact) mass is 222 g/mol. The zero-order valence-corrected chi connectivity index (χ0v) is 10.0. The van der Waals surface area contributed by atoms with Crippen LogP contribution in [-0.4, -0.2) is 35.4 Å². The molecule has 1 aromatic heterocycles. The Morgan fingerprint density at radius 1 is 1.38 bits per heavy atom. The van der Waals surface area contributed by atoms with Crippen molar-refractivity contribution in [3.05, 3.63) is 12.4 Å². The van der Waals surface area contributed by atoms with Crippen LogP contribution in [0.2, 0.25) is 0 Å². The predicted octanol–water partition coefficient (Wildman–Crippen LogP) is 1.32. The molecule has 0 spiro atoms. The summed E-state index contributed by atoms with van der Waals surface area (Å²) < 4.78 is 0. The molecule has 0 aliphatic carbocycles. The van der Waals surface area contributed by atoms with Crippen molar-refractivity contribution >= 4 is 17.4 Å². The second kappa shape index (κ2) is 6.05. The lowest BCUT2D eigenvalue weighted by Crippen LogP contribution is -2.23. The lowest BCUT2D eigenvalue weighted by Gasteiger charge is -2.19. The van der Waals surface area contributed by atoms with Crippen LogP contribution in [0.15, 0.2) is 12.4 Å². The van der Waals surface area contributed by atoms with E-state index in [1.165, 1.54) is 6.33 Å². The molecule has 0 saturated heterocycles. The van der Waals surface area contributed by atoms with Crippen molar-refractivity contribution in [3.8, 4) is 0 Å². The first-order valence-corrected chi connectivity index (χ1v) is 5.47. The molecule has 0 fully saturated rings. The fourth-order valence-corrected chi connectivity index (χ4v) is 1.38. The van der Waals surface area contributed by atoms with Crippen LogP contribution < -0.4 is 10.2 Å². The van der Waals surface area contributed by atoms with Crippen LogP contribution in [0.5, 0.6) is 0 Å². The molecule has 5 heteroatoms. The fourth-order valence-electron chi connectivity index (χ4n) is 1.38. The molecule has 88 valence electrons. The Balaban J connectivity index is 2.73. The van der Waals surface area contributed by atoms with Gasteiger partial charge < -0.3 is 10.2 Å². The first-order chi connectivity index (χ1) is 7.67. The summed E-state index contributed by atoms with van der Waals surface area (Å²) in [5.74, 6) is 1.65. The Morgan fingerprint density at radius 3 is 2.62 bits per heavy atom. The van der Waals surface area contributed by atoms with Gasteiger partial charge in [0.25, 0.3) is 0 Å². The number of nitrogens with zero attached hydrogens (tertiary/aromatic N) is 3. The van der Waals surface area contributed by atoms with Gasteiger partial charge in [-0.15, -0.1) is 0 Å². The minimum Gasteiger partial charge on any atom is -0.363 e. The van der Waals surface area contributed by atoms with Crippen LogP contribution in [0.4, 0.5) is 11.6 Å². The molecule has 16 heavy (non-hydrogen) atoms. The fraction of sp³-hybridized carbons (Fsp3) is 0.545. The van der Waals surface area contributed by atoms with Crippen molar-refractivity contribution in [2.24, 2.45) is 0 Å². The predicted molar refractivity (Wildman–Crippen MR) is 64.8 cm³/mol. The molecular weight excluding hydrogens is 204 g/mol. The molecule has 0 saturated carbocycles. The van der Waals surface area contributed by atoms with E-state index in [0.717, 1.165) is 18.9 Å². The summed E-state index contributed by atoms with van der Waals surface area (Å²) in [7, 11) is 0. The summed E-state index contributed by atoms with van der Waals surface area (Å²) in [5.41, 5.74) is 0. The minimum atomic E-state index is 0.0861. The highest BCUT2D eigenvalue weighted by Crippen LogP contribution is 2.13. The van der Waals surface area contributed by atoms with Crippen LogP contribution in [0.25, 0.3) is 0 Å². The normalized spacial score (nSPS) is 9.94. The van der Waals surface area contributed by atoms with Gasteiger partial charge in [0.1, 0.15) is 23.7 Å². The van der Waals surface area contributed by atoms with Crippen LogP contribution in [0, 0.1) is 0 Å². The SMILES string of the molecule is CCN(CC)c1cc(NCC(C)=O)ncn1. The number of rotatable bonds is 6. The van der Waals surface area contributed by atoms with Gasteiger partial charge in [0.05, 0.1) is 6.54 Å². The van der Waals surface area contributed by atoms with Crippen LogP contribution in [0.3, 0.4) is 0 Å². The van der Waals surface area contributed by atoms with Gasteiger partial charge >= 0.3 is 0 Å². The van der Waals surface area contributed by atoms with Gasteiger partial charge in [0.15, 0.2) is 0 Å². The molecule has 0 unspecified atom stereocenters. The second-order valence-electron chi connectivity index (χ2n) is 3.49. The molecule has 5 nitrogen and oxygen atoms in total. The average Bonchev–Trinajstić information content (AvgIpc) is 2.29. The molecule has 0 radical (unpaired) electrons. The number of anilines is 2. The lowest BCUT2D eigenvalue weighted by molar-refractivity contribution is -0.115. The third-order valence-electron chi connectivity index (χ3n) is 2.26. The van der Waals surface area contributed by atoms with Crippen molar-refractivity contribution in [3.63, 3.8) is 0 Å². The first-order valence-electron chi connectivity index (χ1n) is 5.47. The average molecular weight is 222 g/mol. The maximum atomic E-state index is 10.8. The van der Waals surface area contributed by atoms with Crippen molar-refractivity contribution < 1.29 is 4.79 Å². The zero-order valence-electron chi connectivity index (χ0n) is 10.0. The molecule has 0 bridgehead atoms. The van der Waals surface area contributed by atoms with E-state index in [9.17, 15) is 4.79 Å². The molecule has 0 aliphatic heterocycles. The summed E-state index contributed by atoms with van der Waals surface area (Å²) in [6, 6.07) is 1.86. The van der Waals surface area contributed by atoms with Crippen LogP contribution in [-0.2, 0) is 4.79 Å². The van der Waals surface area contributed by atoms with Gasteiger partial charge in [0.2, 0.25) is 0 Å². The molecular formula is C11H18N4O. The summed E-state index contributed by atoms with van der Waals surface area (Å²) in [4.78, 5) is 21.2. The van der Waals surface area contributed by atoms with Gasteiger partial charge in [-0.25, -0.2) is 9.97 Å². The molecule has 1 rings (SSSR count). The standard InChI is InChI=1S/C11H18N4O/c1-4-15(5-2)11-6-10(13-8-14-11)12-7-9(3)16/h6,8H,4-5,7H2,1-3H3,(H,12,13,14). The van der Waals surface area contributed by atoms with Gasteiger partial charge in [-0.1, -0.05) is 0 Å². The molecule has 1 aromatic rings. The smallest absolute Gasteiger partial charge is 0.148 e. The van der Waals surface area contributed by atoms with E-state index in [1.54, 1.807) is 6.92 Å². The molecule has 0 amide bonds. The number of carbonyl (C=O) groups excluding carboxylic acids is 1. The summed E-state index contributed by atoms with van der Waals surface area (Å²) in [6.45, 7) is 7.80. The number of hydrogen-bond donors (Lipinski definition) is 1. The highest BCUT2D eigenvalue weighted by atomic mass is 16.1. The Hall–Kier alpha value is -1.65. The lowest BCUT2D eigenvalue weighted by atomic mass is 10.4. The van der Waals surface area contributed by atoms with E-state index in [1.807, 2.05) is 6.07 Å². The van der Waals surface area contributed by atoms with Gasteiger partial charge in [-0.3, -0.25) is 4.79 Å². The van der Waals surface area contributed by atoms with E-state index in [2.05, 4.69) is 34.0 Å². The largest absolute Gasteiger partial charge is 0.363 e. The van der Waals surface area contributed by atoms with E-state index in [-0.39, 0.29) is 5.78 Å². The van der Waals surface area contributed by atoms with E-state index in [4.69, 9.17) is 0 Å². The summed E-state index contributed by atoms with van der Waals surface area (Å²) in [6.07, 6.45) is 1.51. The van der Waals surface area contributed by atoms with Gasteiger partial charge in [-0.2, -0.15) is 0 Å². The van der Waals surface area contributed by atoms with E-state index < -0.39 is 0 Å². The molecule has 1 heterocycles. The minimum absolute atomic E-state index is 0.0861. The Morgan fingerprint density at radius 2 is 2.06 bits per heavy atom. The van der Waals surface area contributed by atoms with E-state index in [0.29, 0.717) is 12.4 Å². The van der Waals surface area contributed by atoms with Crippen LogP contribution >= 0.6 is 0 Å². The maximum absolute atomic E-state index is 10.8. The molecule has 1 N–H and O–H groups in total. The second-order valence-corrected chi connectivity index (χ2v) is 3.49. The van der Waals surface area contributed by atoms with Crippen molar-refractivity contribution in [1.29, 1.82) is 0 Å². The Bertz CT molecular complexity index is 350. The van der Waals surface area contributed by atoms with Crippen molar-refractivity contribution in [2.45, 2.75) is 20.8 Å². The van der Waals surface area contributed by atoms with Gasteiger partial charge in [-0.05, 0) is 20.8 Å². The van der Waals surface area contributed by atoms with Crippen molar-refractivity contribution in [2.75, 3.05) is 29.9 Å². The molecule has 0 atom stereocenters. The topological polar surface area (TPSA) is 58.1 Å². The van der Waals surface area contributed by atoms with Crippen LogP contribution in [0.1, 0.15) is 20.8 Å². The summed E-state index contributed by atoms with van der Waals surface area (Å²) >= 11 is 0. The number of Topliss-reactive ketones (excluding diaryl/α,β-unsaturated/α-hetero) is 1. The zero-order chi connectivity index (χ0) is 12.0. The number of aromatic nitrogens is 2. The highest BCUT2D eigenvalue weighted by molar-refractivity contribution is 5.80.